The highest BCUT2D eigenvalue weighted by atomic mass is 16.4. The summed E-state index contributed by atoms with van der Waals surface area (Å²) < 4.78 is 0. The first-order valence-electron chi connectivity index (χ1n) is 12.8. The van der Waals surface area contributed by atoms with Gasteiger partial charge in [-0.05, 0) is 83.8 Å². The number of likely N-dealkylation sites (tertiary alicyclic amines) is 1. The maximum atomic E-state index is 13.4. The van der Waals surface area contributed by atoms with Crippen molar-refractivity contribution in [2.24, 2.45) is 22.9 Å². The summed E-state index contributed by atoms with van der Waals surface area (Å²) in [6.45, 7) is 1.78. The van der Waals surface area contributed by atoms with E-state index in [1.807, 2.05) is 0 Å². The molecule has 35 heavy (non-hydrogen) atoms. The van der Waals surface area contributed by atoms with Crippen molar-refractivity contribution in [3.05, 3.63) is 0 Å². The van der Waals surface area contributed by atoms with Crippen molar-refractivity contribution in [1.82, 2.24) is 15.5 Å². The van der Waals surface area contributed by atoms with Crippen LogP contribution < -0.4 is 33.6 Å². The molecule has 0 aliphatic carbocycles. The molecule has 11 N–H and O–H groups in total. The van der Waals surface area contributed by atoms with Crippen molar-refractivity contribution in [3.63, 3.8) is 0 Å². The average molecular weight is 500 g/mol. The van der Waals surface area contributed by atoms with Crippen molar-refractivity contribution in [1.29, 1.82) is 0 Å². The third kappa shape index (κ3) is 10.9. The number of hydrogen-bond acceptors (Lipinski definition) is 8. The molecule has 1 rings (SSSR count). The summed E-state index contributed by atoms with van der Waals surface area (Å²) >= 11 is 0. The van der Waals surface area contributed by atoms with E-state index in [0.29, 0.717) is 84.0 Å². The Morgan fingerprint density at radius 1 is 0.829 bits per heavy atom. The average Bonchev–Trinajstić information content (AvgIpc) is 3.32. The van der Waals surface area contributed by atoms with Gasteiger partial charge in [0.15, 0.2) is 0 Å². The molecular formula is C23H45N7O5. The molecular weight excluding hydrogens is 454 g/mol. The van der Waals surface area contributed by atoms with Crippen molar-refractivity contribution >= 4 is 23.7 Å². The second-order valence-electron chi connectivity index (χ2n) is 9.11. The number of amides is 3. The molecule has 12 nitrogen and oxygen atoms in total. The van der Waals surface area contributed by atoms with Crippen molar-refractivity contribution < 1.29 is 24.3 Å². The van der Waals surface area contributed by atoms with Gasteiger partial charge in [0, 0.05) is 6.54 Å². The number of unbranched alkanes of at least 4 members (excludes halogenated alkanes) is 3. The highest BCUT2D eigenvalue weighted by Gasteiger charge is 2.38. The van der Waals surface area contributed by atoms with Gasteiger partial charge in [-0.3, -0.25) is 14.4 Å². The number of nitrogens with two attached hydrogens (primary N) is 4. The molecule has 1 fully saturated rings. The first-order valence-corrected chi connectivity index (χ1v) is 12.8. The van der Waals surface area contributed by atoms with Gasteiger partial charge in [0.05, 0.1) is 6.04 Å². The van der Waals surface area contributed by atoms with Crippen molar-refractivity contribution in [2.45, 2.75) is 94.8 Å². The summed E-state index contributed by atoms with van der Waals surface area (Å²) in [4.78, 5) is 52.0. The fraction of sp³-hybridized carbons (Fsp3) is 0.826. The number of nitrogens with one attached hydrogen (secondary N) is 2. The van der Waals surface area contributed by atoms with Gasteiger partial charge < -0.3 is 43.6 Å². The Kier molecular flexibility index (Phi) is 15.1. The van der Waals surface area contributed by atoms with Gasteiger partial charge in [0.1, 0.15) is 18.1 Å². The van der Waals surface area contributed by atoms with Crippen LogP contribution in [0.5, 0.6) is 0 Å². The molecule has 0 spiro atoms. The van der Waals surface area contributed by atoms with E-state index in [1.54, 1.807) is 0 Å². The Balaban J connectivity index is 2.86. The molecule has 0 bridgehead atoms. The van der Waals surface area contributed by atoms with Gasteiger partial charge >= 0.3 is 5.97 Å². The predicted molar refractivity (Wildman–Crippen MR) is 133 cm³/mol. The lowest BCUT2D eigenvalue weighted by Crippen LogP contribution is -2.56. The van der Waals surface area contributed by atoms with Crippen LogP contribution in [0.1, 0.15) is 70.6 Å². The predicted octanol–water partition coefficient (Wildman–Crippen LogP) is -1.25. The lowest BCUT2D eigenvalue weighted by molar-refractivity contribution is -0.145. The van der Waals surface area contributed by atoms with Gasteiger partial charge in [-0.25, -0.2) is 4.79 Å². The third-order valence-corrected chi connectivity index (χ3v) is 6.27. The Bertz CT molecular complexity index is 679. The largest absolute Gasteiger partial charge is 0.480 e. The number of carboxylic acids is 1. The number of nitrogens with zero attached hydrogens (tertiary/aromatic N) is 1. The summed E-state index contributed by atoms with van der Waals surface area (Å²) in [5, 5.41) is 14.8. The molecule has 0 radical (unpaired) electrons. The molecule has 0 aromatic rings. The second kappa shape index (κ2) is 17.2. The van der Waals surface area contributed by atoms with Crippen LogP contribution in [0.3, 0.4) is 0 Å². The number of hydrogen-bond donors (Lipinski definition) is 7. The lowest BCUT2D eigenvalue weighted by Gasteiger charge is -2.30. The lowest BCUT2D eigenvalue weighted by atomic mass is 10.0. The van der Waals surface area contributed by atoms with Crippen LogP contribution in [0.25, 0.3) is 0 Å². The molecule has 1 aliphatic heterocycles. The Morgan fingerprint density at radius 3 is 1.91 bits per heavy atom. The number of aliphatic carboxylic acids is 1. The standard InChI is InChI=1S/C23H45N7O5/c24-12-4-1-8-16(27)20(31)28-17(9-2-5-13-25)22(33)30-15-7-11-19(30)21(32)29-18(23(34)35)10-3-6-14-26/h16-19H,1-15,24-27H2,(H,28,31)(H,29,32)(H,34,35). The maximum absolute atomic E-state index is 13.4. The first kappa shape index (κ1) is 30.8. The molecule has 1 saturated heterocycles. The molecule has 4 atom stereocenters. The van der Waals surface area contributed by atoms with Crippen LogP contribution in [0.4, 0.5) is 0 Å². The molecule has 202 valence electrons. The van der Waals surface area contributed by atoms with E-state index in [9.17, 15) is 24.3 Å². The van der Waals surface area contributed by atoms with E-state index in [-0.39, 0.29) is 12.3 Å². The SMILES string of the molecule is NCCCCC(N)C(=O)NC(CCCCN)C(=O)N1CCCC1C(=O)NC(CCCCN)C(=O)O. The minimum absolute atomic E-state index is 0.263. The van der Waals surface area contributed by atoms with E-state index < -0.39 is 42.0 Å². The molecule has 4 unspecified atom stereocenters. The zero-order valence-corrected chi connectivity index (χ0v) is 20.8. The van der Waals surface area contributed by atoms with E-state index >= 15 is 0 Å². The van der Waals surface area contributed by atoms with Crippen LogP contribution >= 0.6 is 0 Å². The third-order valence-electron chi connectivity index (χ3n) is 6.27. The first-order chi connectivity index (χ1) is 16.8. The fourth-order valence-corrected chi connectivity index (χ4v) is 4.19. The Hall–Kier alpha value is -2.28. The van der Waals surface area contributed by atoms with Crippen molar-refractivity contribution in [3.8, 4) is 0 Å². The maximum Gasteiger partial charge on any atom is 0.326 e. The zero-order valence-electron chi connectivity index (χ0n) is 20.8. The molecule has 3 amide bonds. The van der Waals surface area contributed by atoms with Crippen LogP contribution in [-0.2, 0) is 19.2 Å². The number of carbonyl (C=O) groups is 4. The minimum Gasteiger partial charge on any atom is -0.480 e. The second-order valence-corrected chi connectivity index (χ2v) is 9.11. The minimum atomic E-state index is -1.12. The summed E-state index contributed by atoms with van der Waals surface area (Å²) in [5.74, 6) is -2.40. The van der Waals surface area contributed by atoms with Gasteiger partial charge in [0.2, 0.25) is 17.7 Å². The molecule has 0 aromatic carbocycles. The van der Waals surface area contributed by atoms with Crippen LogP contribution in [-0.4, -0.2) is 84.0 Å². The zero-order chi connectivity index (χ0) is 26.2. The highest BCUT2D eigenvalue weighted by molar-refractivity contribution is 5.94. The van der Waals surface area contributed by atoms with E-state index in [0.717, 1.165) is 6.42 Å². The smallest absolute Gasteiger partial charge is 0.326 e. The molecule has 1 heterocycles. The van der Waals surface area contributed by atoms with Gasteiger partial charge in [-0.15, -0.1) is 0 Å². The number of rotatable bonds is 18. The van der Waals surface area contributed by atoms with Crippen LogP contribution in [0, 0.1) is 0 Å². The van der Waals surface area contributed by atoms with Gasteiger partial charge in [-0.1, -0.05) is 6.42 Å². The Morgan fingerprint density at radius 2 is 1.37 bits per heavy atom. The summed E-state index contributed by atoms with van der Waals surface area (Å²) in [7, 11) is 0. The molecule has 0 aromatic heterocycles. The summed E-state index contributed by atoms with van der Waals surface area (Å²) in [6.07, 6.45) is 6.15. The monoisotopic (exact) mass is 499 g/mol. The van der Waals surface area contributed by atoms with Crippen LogP contribution in [0.15, 0.2) is 0 Å². The van der Waals surface area contributed by atoms with Gasteiger partial charge in [0.25, 0.3) is 0 Å². The van der Waals surface area contributed by atoms with Crippen LogP contribution in [0.2, 0.25) is 0 Å². The van der Waals surface area contributed by atoms with E-state index in [2.05, 4.69) is 10.6 Å². The molecule has 0 saturated carbocycles. The highest BCUT2D eigenvalue weighted by Crippen LogP contribution is 2.20. The van der Waals surface area contributed by atoms with E-state index in [1.165, 1.54) is 4.90 Å². The fourth-order valence-electron chi connectivity index (χ4n) is 4.19. The Labute approximate surface area is 207 Å². The topological polar surface area (TPSA) is 220 Å². The number of carbonyl (C=O) groups excluding carboxylic acids is 3. The summed E-state index contributed by atoms with van der Waals surface area (Å²) in [6, 6.07) is -3.42. The molecule has 12 heteroatoms. The summed E-state index contributed by atoms with van der Waals surface area (Å²) in [5.41, 5.74) is 22.5. The quantitative estimate of drug-likeness (QED) is 0.112. The number of carboxylic acid groups (broad SMARTS) is 1. The van der Waals surface area contributed by atoms with E-state index in [4.69, 9.17) is 22.9 Å². The van der Waals surface area contributed by atoms with Crippen molar-refractivity contribution in [2.75, 3.05) is 26.2 Å². The normalized spacial score (nSPS) is 18.1. The molecule has 1 aliphatic rings. The van der Waals surface area contributed by atoms with Gasteiger partial charge in [-0.2, -0.15) is 0 Å².